The van der Waals surface area contributed by atoms with E-state index in [0.29, 0.717) is 11.1 Å². The van der Waals surface area contributed by atoms with E-state index in [0.717, 1.165) is 11.0 Å². The molecular weight excluding hydrogens is 234 g/mol. The van der Waals surface area contributed by atoms with Crippen LogP contribution in [0.3, 0.4) is 0 Å². The second kappa shape index (κ2) is 4.44. The highest BCUT2D eigenvalue weighted by molar-refractivity contribution is 6.19. The lowest BCUT2D eigenvalue weighted by molar-refractivity contribution is -0.134. The van der Waals surface area contributed by atoms with Crippen LogP contribution in [-0.2, 0) is 14.3 Å². The summed E-state index contributed by atoms with van der Waals surface area (Å²) in [6, 6.07) is 6.74. The molecule has 0 aliphatic carbocycles. The quantitative estimate of drug-likeness (QED) is 0.551. The number of benzene rings is 1. The largest absolute Gasteiger partial charge is 0.466 e. The van der Waals surface area contributed by atoms with Gasteiger partial charge in [-0.2, -0.15) is 0 Å². The Morgan fingerprint density at radius 1 is 1.22 bits per heavy atom. The highest BCUT2D eigenvalue weighted by atomic mass is 16.5. The summed E-state index contributed by atoms with van der Waals surface area (Å²) in [4.78, 5) is 35.8. The standard InChI is InChI=1S/C13H11NO4/c1-8(15)14-11(7-12(16)18-2)9-5-3-4-6-10(9)13(14)17/h3-7H,1-2H3/b11-7-. The number of nitrogens with zero attached hydrogens (tertiary/aromatic N) is 1. The van der Waals surface area contributed by atoms with Crippen LogP contribution in [0.4, 0.5) is 0 Å². The average molecular weight is 245 g/mol. The molecule has 5 nitrogen and oxygen atoms in total. The monoisotopic (exact) mass is 245 g/mol. The Labute approximate surface area is 104 Å². The lowest BCUT2D eigenvalue weighted by Crippen LogP contribution is -2.28. The summed E-state index contributed by atoms with van der Waals surface area (Å²) in [6.45, 7) is 1.27. The molecule has 1 aliphatic rings. The molecule has 18 heavy (non-hydrogen) atoms. The molecule has 0 fully saturated rings. The Balaban J connectivity index is 2.60. The van der Waals surface area contributed by atoms with Crippen LogP contribution in [0.1, 0.15) is 22.8 Å². The van der Waals surface area contributed by atoms with E-state index in [-0.39, 0.29) is 5.70 Å². The van der Waals surface area contributed by atoms with Crippen LogP contribution < -0.4 is 0 Å². The van der Waals surface area contributed by atoms with Crippen molar-refractivity contribution in [3.8, 4) is 0 Å². The Morgan fingerprint density at radius 2 is 1.83 bits per heavy atom. The minimum Gasteiger partial charge on any atom is -0.466 e. The molecule has 2 rings (SSSR count). The zero-order valence-electron chi connectivity index (χ0n) is 9.97. The van der Waals surface area contributed by atoms with Gasteiger partial charge in [-0.3, -0.25) is 9.59 Å². The first-order valence-corrected chi connectivity index (χ1v) is 5.30. The number of esters is 1. The minimum atomic E-state index is -0.610. The Kier molecular flexibility index (Phi) is 2.97. The number of hydrogen-bond donors (Lipinski definition) is 0. The number of rotatable bonds is 1. The van der Waals surface area contributed by atoms with Gasteiger partial charge in [-0.15, -0.1) is 0 Å². The molecule has 0 unspecified atom stereocenters. The molecule has 5 heteroatoms. The molecule has 1 heterocycles. The van der Waals surface area contributed by atoms with Crippen molar-refractivity contribution < 1.29 is 19.1 Å². The summed E-state index contributed by atoms with van der Waals surface area (Å²) in [5, 5.41) is 0. The van der Waals surface area contributed by atoms with Gasteiger partial charge in [0.05, 0.1) is 12.8 Å². The SMILES string of the molecule is COC(=O)/C=C1/c2ccccc2C(=O)N1C(C)=O. The first kappa shape index (κ1) is 12.0. The van der Waals surface area contributed by atoms with Crippen LogP contribution in [0.2, 0.25) is 0 Å². The summed E-state index contributed by atoms with van der Waals surface area (Å²) >= 11 is 0. The lowest BCUT2D eigenvalue weighted by atomic mass is 10.1. The first-order valence-electron chi connectivity index (χ1n) is 5.30. The van der Waals surface area contributed by atoms with E-state index in [9.17, 15) is 14.4 Å². The van der Waals surface area contributed by atoms with E-state index < -0.39 is 17.8 Å². The van der Waals surface area contributed by atoms with Gasteiger partial charge in [-0.1, -0.05) is 18.2 Å². The van der Waals surface area contributed by atoms with Crippen molar-refractivity contribution in [2.45, 2.75) is 6.92 Å². The van der Waals surface area contributed by atoms with Crippen molar-refractivity contribution >= 4 is 23.5 Å². The van der Waals surface area contributed by atoms with E-state index in [1.54, 1.807) is 24.3 Å². The predicted octanol–water partition coefficient (Wildman–Crippen LogP) is 1.20. The lowest BCUT2D eigenvalue weighted by Gasteiger charge is -2.13. The van der Waals surface area contributed by atoms with E-state index >= 15 is 0 Å². The van der Waals surface area contributed by atoms with Gasteiger partial charge >= 0.3 is 5.97 Å². The molecule has 2 amide bonds. The van der Waals surface area contributed by atoms with Crippen molar-refractivity contribution in [2.24, 2.45) is 0 Å². The maximum atomic E-state index is 12.0. The van der Waals surface area contributed by atoms with Crippen LogP contribution in [0, 0.1) is 0 Å². The number of ether oxygens (including phenoxy) is 1. The van der Waals surface area contributed by atoms with Gasteiger partial charge in [-0.25, -0.2) is 9.69 Å². The molecule has 0 spiro atoms. The fourth-order valence-electron chi connectivity index (χ4n) is 1.87. The molecular formula is C13H11NO4. The summed E-state index contributed by atoms with van der Waals surface area (Å²) in [5.41, 5.74) is 1.22. The number of methoxy groups -OCH3 is 1. The zero-order valence-corrected chi connectivity index (χ0v) is 9.97. The van der Waals surface area contributed by atoms with Gasteiger partial charge in [0.2, 0.25) is 5.91 Å². The Bertz CT molecular complexity index is 574. The number of hydrogen-bond acceptors (Lipinski definition) is 4. The first-order chi connectivity index (χ1) is 8.56. The van der Waals surface area contributed by atoms with E-state index in [1.807, 2.05) is 0 Å². The molecule has 0 saturated heterocycles. The Hall–Kier alpha value is -2.43. The highest BCUT2D eigenvalue weighted by Gasteiger charge is 2.35. The summed E-state index contributed by atoms with van der Waals surface area (Å²) < 4.78 is 4.53. The van der Waals surface area contributed by atoms with E-state index in [4.69, 9.17) is 0 Å². The molecule has 0 radical (unpaired) electrons. The third-order valence-corrected chi connectivity index (χ3v) is 2.65. The topological polar surface area (TPSA) is 63.7 Å². The molecule has 0 saturated carbocycles. The number of carbonyl (C=O) groups excluding carboxylic acids is 3. The van der Waals surface area contributed by atoms with Gasteiger partial charge in [0.25, 0.3) is 5.91 Å². The van der Waals surface area contributed by atoms with E-state index in [1.165, 1.54) is 14.0 Å². The molecule has 1 aliphatic heterocycles. The molecule has 0 N–H and O–H groups in total. The zero-order chi connectivity index (χ0) is 13.3. The molecule has 1 aromatic carbocycles. The minimum absolute atomic E-state index is 0.259. The molecule has 0 bridgehead atoms. The van der Waals surface area contributed by atoms with Gasteiger partial charge < -0.3 is 4.74 Å². The maximum absolute atomic E-state index is 12.0. The third-order valence-electron chi connectivity index (χ3n) is 2.65. The smallest absolute Gasteiger partial charge is 0.332 e. The number of amides is 2. The third kappa shape index (κ3) is 1.79. The predicted molar refractivity (Wildman–Crippen MR) is 63.3 cm³/mol. The normalized spacial score (nSPS) is 15.8. The van der Waals surface area contributed by atoms with Crippen molar-refractivity contribution in [2.75, 3.05) is 7.11 Å². The highest BCUT2D eigenvalue weighted by Crippen LogP contribution is 2.32. The van der Waals surface area contributed by atoms with Crippen molar-refractivity contribution in [3.05, 3.63) is 41.5 Å². The number of fused-ring (bicyclic) bond motifs is 1. The maximum Gasteiger partial charge on any atom is 0.332 e. The van der Waals surface area contributed by atoms with Crippen LogP contribution in [0.25, 0.3) is 5.70 Å². The van der Waals surface area contributed by atoms with Crippen LogP contribution in [0.15, 0.2) is 30.3 Å². The van der Waals surface area contributed by atoms with Crippen molar-refractivity contribution in [1.29, 1.82) is 0 Å². The molecule has 92 valence electrons. The van der Waals surface area contributed by atoms with Crippen LogP contribution in [0.5, 0.6) is 0 Å². The van der Waals surface area contributed by atoms with Gasteiger partial charge in [0.15, 0.2) is 0 Å². The number of carbonyl (C=O) groups is 3. The van der Waals surface area contributed by atoms with Crippen LogP contribution in [-0.4, -0.2) is 29.8 Å². The van der Waals surface area contributed by atoms with E-state index in [2.05, 4.69) is 4.74 Å². The molecule has 0 aromatic heterocycles. The van der Waals surface area contributed by atoms with Crippen molar-refractivity contribution in [3.63, 3.8) is 0 Å². The summed E-state index contributed by atoms with van der Waals surface area (Å²) in [7, 11) is 1.24. The molecule has 0 atom stereocenters. The summed E-state index contributed by atoms with van der Waals surface area (Å²) in [5.74, 6) is -1.47. The second-order valence-electron chi connectivity index (χ2n) is 3.76. The van der Waals surface area contributed by atoms with Crippen molar-refractivity contribution in [1.82, 2.24) is 4.90 Å². The van der Waals surface area contributed by atoms with Crippen LogP contribution >= 0.6 is 0 Å². The second-order valence-corrected chi connectivity index (χ2v) is 3.76. The summed E-state index contributed by atoms with van der Waals surface area (Å²) in [6.07, 6.45) is 1.14. The number of imide groups is 1. The fraction of sp³-hybridized carbons (Fsp3) is 0.154. The Morgan fingerprint density at radius 3 is 2.39 bits per heavy atom. The molecule has 1 aromatic rings. The fourth-order valence-corrected chi connectivity index (χ4v) is 1.87. The van der Waals surface area contributed by atoms with Gasteiger partial charge in [0.1, 0.15) is 0 Å². The average Bonchev–Trinajstić information content (AvgIpc) is 2.63. The van der Waals surface area contributed by atoms with Gasteiger partial charge in [-0.05, 0) is 6.07 Å². The van der Waals surface area contributed by atoms with Gasteiger partial charge in [0, 0.05) is 24.1 Å².